The van der Waals surface area contributed by atoms with Gasteiger partial charge in [0.1, 0.15) is 30.5 Å². The highest BCUT2D eigenvalue weighted by atomic mass is 16.7. The number of rotatable bonds is 45. The lowest BCUT2D eigenvalue weighted by Gasteiger charge is -2.39. The van der Waals surface area contributed by atoms with Gasteiger partial charge in [-0.1, -0.05) is 217 Å². The average molecular weight is 891 g/mol. The first-order valence-corrected chi connectivity index (χ1v) is 26.2. The van der Waals surface area contributed by atoms with Crippen LogP contribution in [-0.2, 0) is 23.7 Å². The second-order valence-electron chi connectivity index (χ2n) is 17.9. The van der Waals surface area contributed by atoms with Crippen LogP contribution >= 0.6 is 0 Å². The van der Waals surface area contributed by atoms with Crippen molar-refractivity contribution in [2.45, 2.75) is 263 Å². The Morgan fingerprint density at radius 1 is 0.524 bits per heavy atom. The molecule has 63 heavy (non-hydrogen) atoms. The monoisotopic (exact) mass is 891 g/mol. The van der Waals surface area contributed by atoms with Gasteiger partial charge >= 0.3 is 5.97 Å². The van der Waals surface area contributed by atoms with Gasteiger partial charge < -0.3 is 39.4 Å². The standard InChI is InChI=1S/C54H98O9/c1-3-5-7-9-11-13-15-17-19-21-22-23-24-25-26-27-29-31-33-35-37-39-41-43-50(56)62-48(47-61-54-53(59)52(58)51(57)49(45-55)63-54)46-60-44-42-40-38-36-34-32-30-28-20-18-16-14-12-10-8-6-4-2/h5,7,11,13,17,19,22-23,48-49,51-55,57-59H,3-4,6,8-10,12,14-16,18,20-21,24-47H2,1-2H3/b7-5-,13-11-,19-17-,23-22-. The van der Waals surface area contributed by atoms with Crippen molar-refractivity contribution in [3.05, 3.63) is 48.6 Å². The third-order valence-electron chi connectivity index (χ3n) is 12.0. The molecule has 0 aliphatic carbocycles. The summed E-state index contributed by atoms with van der Waals surface area (Å²) in [5.74, 6) is -0.316. The number of esters is 1. The number of aliphatic hydroxyl groups is 4. The van der Waals surface area contributed by atoms with Gasteiger partial charge in [-0.15, -0.1) is 0 Å². The number of aliphatic hydroxyl groups excluding tert-OH is 4. The molecule has 1 saturated heterocycles. The SMILES string of the molecule is CC/C=C\C/C=C\C/C=C\C/C=C\CCCCCCCCCCCCC(=O)OC(COCCCCCCCCCCCCCCCCCCC)COC1OC(CO)C(O)C(O)C1O. The predicted octanol–water partition coefficient (Wildman–Crippen LogP) is 12.9. The molecule has 0 aromatic rings. The fraction of sp³-hybridized carbons (Fsp3) is 0.833. The van der Waals surface area contributed by atoms with Crippen LogP contribution in [0, 0.1) is 0 Å². The molecule has 0 amide bonds. The highest BCUT2D eigenvalue weighted by molar-refractivity contribution is 5.69. The van der Waals surface area contributed by atoms with Gasteiger partial charge in [0.2, 0.25) is 0 Å². The number of ether oxygens (including phenoxy) is 4. The first-order chi connectivity index (χ1) is 30.9. The van der Waals surface area contributed by atoms with Crippen LogP contribution in [0.3, 0.4) is 0 Å². The van der Waals surface area contributed by atoms with Gasteiger partial charge in [-0.25, -0.2) is 0 Å². The molecule has 9 heteroatoms. The number of allylic oxidation sites excluding steroid dienone is 8. The summed E-state index contributed by atoms with van der Waals surface area (Å²) >= 11 is 0. The van der Waals surface area contributed by atoms with Gasteiger partial charge in [0.25, 0.3) is 0 Å². The number of hydrogen-bond donors (Lipinski definition) is 4. The van der Waals surface area contributed by atoms with Crippen LogP contribution < -0.4 is 0 Å². The molecule has 0 saturated carbocycles. The number of unbranched alkanes of at least 4 members (excludes halogenated alkanes) is 26. The summed E-state index contributed by atoms with van der Waals surface area (Å²) in [5, 5.41) is 40.3. The Balaban J connectivity index is 2.19. The number of hydrogen-bond acceptors (Lipinski definition) is 9. The van der Waals surface area contributed by atoms with E-state index in [-0.39, 0.29) is 19.2 Å². The number of carbonyl (C=O) groups is 1. The second kappa shape index (κ2) is 45.3. The largest absolute Gasteiger partial charge is 0.457 e. The molecule has 0 aromatic heterocycles. The van der Waals surface area contributed by atoms with E-state index in [1.807, 2.05) is 0 Å². The van der Waals surface area contributed by atoms with Crippen molar-refractivity contribution in [1.29, 1.82) is 0 Å². The molecule has 6 unspecified atom stereocenters. The third-order valence-corrected chi connectivity index (χ3v) is 12.0. The quantitative estimate of drug-likeness (QED) is 0.0268. The van der Waals surface area contributed by atoms with Crippen molar-refractivity contribution < 1.29 is 44.2 Å². The first kappa shape index (κ1) is 59.2. The summed E-state index contributed by atoms with van der Waals surface area (Å²) in [6, 6.07) is 0. The summed E-state index contributed by atoms with van der Waals surface area (Å²) in [7, 11) is 0. The zero-order valence-corrected chi connectivity index (χ0v) is 40.6. The summed E-state index contributed by atoms with van der Waals surface area (Å²) in [6.07, 6.45) is 50.0. The van der Waals surface area contributed by atoms with E-state index in [0.29, 0.717) is 13.0 Å². The van der Waals surface area contributed by atoms with Gasteiger partial charge in [0.05, 0.1) is 19.8 Å². The van der Waals surface area contributed by atoms with Gasteiger partial charge in [-0.05, 0) is 51.4 Å². The number of carbonyl (C=O) groups excluding carboxylic acids is 1. The predicted molar refractivity (Wildman–Crippen MR) is 261 cm³/mol. The zero-order valence-electron chi connectivity index (χ0n) is 40.6. The lowest BCUT2D eigenvalue weighted by molar-refractivity contribution is -0.305. The van der Waals surface area contributed by atoms with E-state index in [4.69, 9.17) is 18.9 Å². The fourth-order valence-corrected chi connectivity index (χ4v) is 7.96. The summed E-state index contributed by atoms with van der Waals surface area (Å²) in [6.45, 7) is 4.48. The Hall–Kier alpha value is -1.85. The molecule has 9 nitrogen and oxygen atoms in total. The third kappa shape index (κ3) is 36.0. The van der Waals surface area contributed by atoms with E-state index in [9.17, 15) is 25.2 Å². The van der Waals surface area contributed by atoms with Gasteiger partial charge in [0.15, 0.2) is 6.29 Å². The minimum absolute atomic E-state index is 0.113. The molecule has 1 fully saturated rings. The topological polar surface area (TPSA) is 135 Å². The maximum absolute atomic E-state index is 12.8. The molecule has 1 rings (SSSR count). The van der Waals surface area contributed by atoms with Crippen molar-refractivity contribution in [2.24, 2.45) is 0 Å². The first-order valence-electron chi connectivity index (χ1n) is 26.2. The van der Waals surface area contributed by atoms with E-state index in [2.05, 4.69) is 62.5 Å². The van der Waals surface area contributed by atoms with Gasteiger partial charge in [0, 0.05) is 13.0 Å². The van der Waals surface area contributed by atoms with Crippen LogP contribution in [-0.4, -0.2) is 89.6 Å². The van der Waals surface area contributed by atoms with Crippen molar-refractivity contribution in [1.82, 2.24) is 0 Å². The average Bonchev–Trinajstić information content (AvgIpc) is 3.28. The normalized spacial score (nSPS) is 20.0. The van der Waals surface area contributed by atoms with Crippen LogP contribution in [0.25, 0.3) is 0 Å². The van der Waals surface area contributed by atoms with E-state index < -0.39 is 43.4 Å². The zero-order chi connectivity index (χ0) is 45.7. The van der Waals surface area contributed by atoms with Crippen molar-refractivity contribution in [3.8, 4) is 0 Å². The molecule has 4 N–H and O–H groups in total. The van der Waals surface area contributed by atoms with Gasteiger partial charge in [-0.2, -0.15) is 0 Å². The molecule has 1 heterocycles. The fourth-order valence-electron chi connectivity index (χ4n) is 7.96. The molecule has 0 bridgehead atoms. The van der Waals surface area contributed by atoms with Crippen LogP contribution in [0.4, 0.5) is 0 Å². The van der Waals surface area contributed by atoms with Gasteiger partial charge in [-0.3, -0.25) is 4.79 Å². The minimum atomic E-state index is -1.54. The Morgan fingerprint density at radius 2 is 0.968 bits per heavy atom. The van der Waals surface area contributed by atoms with Crippen molar-refractivity contribution in [3.63, 3.8) is 0 Å². The second-order valence-corrected chi connectivity index (χ2v) is 17.9. The minimum Gasteiger partial charge on any atom is -0.457 e. The van der Waals surface area contributed by atoms with E-state index in [0.717, 1.165) is 57.8 Å². The maximum atomic E-state index is 12.8. The lowest BCUT2D eigenvalue weighted by atomic mass is 9.99. The molecular weight excluding hydrogens is 793 g/mol. The molecule has 0 spiro atoms. The molecule has 1 aliphatic heterocycles. The summed E-state index contributed by atoms with van der Waals surface area (Å²) in [4.78, 5) is 12.8. The van der Waals surface area contributed by atoms with Crippen molar-refractivity contribution in [2.75, 3.05) is 26.4 Å². The smallest absolute Gasteiger partial charge is 0.306 e. The molecule has 0 radical (unpaired) electrons. The van der Waals surface area contributed by atoms with Crippen LogP contribution in [0.2, 0.25) is 0 Å². The summed E-state index contributed by atoms with van der Waals surface area (Å²) < 4.78 is 22.9. The lowest BCUT2D eigenvalue weighted by Crippen LogP contribution is -2.59. The van der Waals surface area contributed by atoms with Crippen LogP contribution in [0.5, 0.6) is 0 Å². The Labute approximate surface area is 386 Å². The van der Waals surface area contributed by atoms with Crippen LogP contribution in [0.1, 0.15) is 226 Å². The van der Waals surface area contributed by atoms with Crippen LogP contribution in [0.15, 0.2) is 48.6 Å². The van der Waals surface area contributed by atoms with E-state index in [1.165, 1.54) is 148 Å². The Morgan fingerprint density at radius 3 is 1.46 bits per heavy atom. The highest BCUT2D eigenvalue weighted by Gasteiger charge is 2.44. The molecular formula is C54H98O9. The Bertz CT molecular complexity index is 1100. The molecule has 1 aliphatic rings. The molecule has 368 valence electrons. The molecule has 6 atom stereocenters. The van der Waals surface area contributed by atoms with E-state index in [1.54, 1.807) is 0 Å². The van der Waals surface area contributed by atoms with Crippen molar-refractivity contribution >= 4 is 5.97 Å². The molecule has 0 aromatic carbocycles. The highest BCUT2D eigenvalue weighted by Crippen LogP contribution is 2.23. The maximum Gasteiger partial charge on any atom is 0.306 e. The summed E-state index contributed by atoms with van der Waals surface area (Å²) in [5.41, 5.74) is 0. The van der Waals surface area contributed by atoms with E-state index >= 15 is 0 Å². The Kier molecular flexibility index (Phi) is 42.6.